The second-order valence-corrected chi connectivity index (χ2v) is 10.8. The lowest BCUT2D eigenvalue weighted by Crippen LogP contribution is -2.52. The van der Waals surface area contributed by atoms with Crippen LogP contribution in [0.5, 0.6) is 11.5 Å². The summed E-state index contributed by atoms with van der Waals surface area (Å²) in [6.07, 6.45) is 0.510. The molecule has 0 bridgehead atoms. The molecule has 2 atom stereocenters. The van der Waals surface area contributed by atoms with Crippen LogP contribution in [-0.4, -0.2) is 60.5 Å². The van der Waals surface area contributed by atoms with Crippen LogP contribution in [0.4, 0.5) is 5.69 Å². The third kappa shape index (κ3) is 8.15. The lowest BCUT2D eigenvalue weighted by Gasteiger charge is -2.25. The van der Waals surface area contributed by atoms with Gasteiger partial charge in [-0.25, -0.2) is 0 Å². The van der Waals surface area contributed by atoms with Gasteiger partial charge in [0.1, 0.15) is 24.1 Å². The van der Waals surface area contributed by atoms with E-state index in [2.05, 4.69) is 21.3 Å². The number of hydrogen-bond acceptors (Lipinski definition) is 7. The number of rotatable bonds is 6. The number of benzene rings is 4. The number of fused-ring (bicyclic) bond motifs is 2. The molecule has 11 nitrogen and oxygen atoms in total. The normalized spacial score (nSPS) is 17.6. The Kier molecular flexibility index (Phi) is 9.90. The minimum atomic E-state index is -0.857. The zero-order chi connectivity index (χ0) is 31.8. The predicted molar refractivity (Wildman–Crippen MR) is 170 cm³/mol. The van der Waals surface area contributed by atoms with E-state index in [4.69, 9.17) is 10.5 Å². The Labute approximate surface area is 260 Å². The van der Waals surface area contributed by atoms with Gasteiger partial charge in [0, 0.05) is 24.2 Å². The summed E-state index contributed by atoms with van der Waals surface area (Å²) in [6.45, 7) is 0.179. The van der Waals surface area contributed by atoms with E-state index >= 15 is 0 Å². The highest BCUT2D eigenvalue weighted by Crippen LogP contribution is 2.25. The molecule has 0 spiro atoms. The Hall–Kier alpha value is -5.42. The fourth-order valence-electron chi connectivity index (χ4n) is 5.09. The van der Waals surface area contributed by atoms with Crippen LogP contribution in [0.1, 0.15) is 39.1 Å². The first kappa shape index (κ1) is 31.0. The maximum atomic E-state index is 13.3. The molecule has 0 radical (unpaired) electrons. The Morgan fingerprint density at radius 3 is 2.49 bits per heavy atom. The molecule has 7 N–H and O–H groups in total. The number of carbonyl (C=O) groups is 4. The van der Waals surface area contributed by atoms with E-state index in [-0.39, 0.29) is 55.5 Å². The number of ether oxygens (including phenoxy) is 1. The lowest BCUT2D eigenvalue weighted by atomic mass is 10.0. The van der Waals surface area contributed by atoms with Gasteiger partial charge in [-0.15, -0.1) is 0 Å². The molecule has 1 heterocycles. The third-order valence-electron chi connectivity index (χ3n) is 7.44. The molecule has 0 fully saturated rings. The maximum Gasteiger partial charge on any atom is 0.255 e. The van der Waals surface area contributed by atoms with Crippen molar-refractivity contribution in [3.05, 3.63) is 102 Å². The molecule has 1 aliphatic heterocycles. The van der Waals surface area contributed by atoms with Crippen molar-refractivity contribution in [1.82, 2.24) is 16.0 Å². The first-order chi connectivity index (χ1) is 21.8. The molecule has 45 heavy (non-hydrogen) atoms. The highest BCUT2D eigenvalue weighted by Gasteiger charge is 2.25. The minimum Gasteiger partial charge on any atom is -0.508 e. The average molecular weight is 610 g/mol. The van der Waals surface area contributed by atoms with Gasteiger partial charge in [0.2, 0.25) is 11.8 Å². The molecule has 5 rings (SSSR count). The van der Waals surface area contributed by atoms with Gasteiger partial charge >= 0.3 is 0 Å². The molecule has 0 saturated carbocycles. The number of nitrogens with two attached hydrogens (primary N) is 1. The largest absolute Gasteiger partial charge is 0.508 e. The van der Waals surface area contributed by atoms with Crippen molar-refractivity contribution < 1.29 is 29.0 Å². The lowest BCUT2D eigenvalue weighted by molar-refractivity contribution is -0.129. The second kappa shape index (κ2) is 14.4. The third-order valence-corrected chi connectivity index (χ3v) is 7.44. The molecule has 0 aliphatic carbocycles. The number of hydrogen-bond donors (Lipinski definition) is 6. The van der Waals surface area contributed by atoms with Gasteiger partial charge in [-0.3, -0.25) is 19.2 Å². The maximum absolute atomic E-state index is 13.3. The number of carbonyl (C=O) groups excluding carboxylic acids is 4. The van der Waals surface area contributed by atoms with Gasteiger partial charge in [-0.1, -0.05) is 42.5 Å². The molecule has 0 unspecified atom stereocenters. The number of phenolic OH excluding ortho intramolecular Hbond substituents is 1. The SMILES string of the molecule is NCC[C@@H]1NC(=O)CCNC(=O)c2cc(NC(=O)c3ccc4ccccc4c3)ccc2OC[C@@H](Cc2ccc(O)cc2)NC1=O. The molecular formula is C34H35N5O6. The summed E-state index contributed by atoms with van der Waals surface area (Å²) in [5, 5.41) is 22.8. The predicted octanol–water partition coefficient (Wildman–Crippen LogP) is 2.87. The summed E-state index contributed by atoms with van der Waals surface area (Å²) < 4.78 is 6.12. The van der Waals surface area contributed by atoms with Crippen LogP contribution in [-0.2, 0) is 16.0 Å². The van der Waals surface area contributed by atoms with E-state index in [0.29, 0.717) is 17.7 Å². The van der Waals surface area contributed by atoms with Gasteiger partial charge in [0.25, 0.3) is 11.8 Å². The van der Waals surface area contributed by atoms with Crippen LogP contribution in [0, 0.1) is 0 Å². The summed E-state index contributed by atoms with van der Waals surface area (Å²) in [4.78, 5) is 52.3. The Balaban J connectivity index is 1.40. The molecule has 4 aromatic carbocycles. The van der Waals surface area contributed by atoms with Crippen molar-refractivity contribution in [3.63, 3.8) is 0 Å². The van der Waals surface area contributed by atoms with E-state index in [1.807, 2.05) is 30.3 Å². The first-order valence-corrected chi connectivity index (χ1v) is 14.7. The monoisotopic (exact) mass is 609 g/mol. The Bertz CT molecular complexity index is 1710. The van der Waals surface area contributed by atoms with E-state index in [1.54, 1.807) is 48.5 Å². The topological polar surface area (TPSA) is 172 Å². The first-order valence-electron chi connectivity index (χ1n) is 14.7. The van der Waals surface area contributed by atoms with Gasteiger partial charge in [0.15, 0.2) is 0 Å². The summed E-state index contributed by atoms with van der Waals surface area (Å²) >= 11 is 0. The van der Waals surface area contributed by atoms with E-state index in [1.165, 1.54) is 6.07 Å². The average Bonchev–Trinajstić information content (AvgIpc) is 3.04. The van der Waals surface area contributed by atoms with E-state index in [9.17, 15) is 24.3 Å². The van der Waals surface area contributed by atoms with Crippen molar-refractivity contribution in [2.75, 3.05) is 25.0 Å². The van der Waals surface area contributed by atoms with E-state index in [0.717, 1.165) is 16.3 Å². The quantitative estimate of drug-likeness (QED) is 0.195. The fraction of sp³-hybridized carbons (Fsp3) is 0.235. The fourth-order valence-corrected chi connectivity index (χ4v) is 5.09. The smallest absolute Gasteiger partial charge is 0.255 e. The van der Waals surface area contributed by atoms with Crippen LogP contribution < -0.4 is 31.7 Å². The highest BCUT2D eigenvalue weighted by molar-refractivity contribution is 6.07. The molecule has 4 amide bonds. The Morgan fingerprint density at radius 2 is 1.71 bits per heavy atom. The van der Waals surface area contributed by atoms with Crippen LogP contribution in [0.25, 0.3) is 10.8 Å². The van der Waals surface area contributed by atoms with Crippen LogP contribution in [0.15, 0.2) is 84.9 Å². The van der Waals surface area contributed by atoms with Gasteiger partial charge in [-0.2, -0.15) is 0 Å². The van der Waals surface area contributed by atoms with Gasteiger partial charge < -0.3 is 36.8 Å². The standard InChI is InChI=1S/C34H35N5O6/c35-15-13-29-34(44)38-26(17-21-5-10-27(40)11-6-21)20-45-30-12-9-25(19-28(30)33(43)36-16-14-31(41)39-29)37-32(42)24-8-7-22-3-1-2-4-23(22)18-24/h1-12,18-19,26,29,40H,13-17,20,35H2,(H,36,43)(H,37,42)(H,38,44)(H,39,41)/t26-,29+/m1/s1. The second-order valence-electron chi connectivity index (χ2n) is 10.8. The Morgan fingerprint density at radius 1 is 0.933 bits per heavy atom. The van der Waals surface area contributed by atoms with Crippen molar-refractivity contribution in [1.29, 1.82) is 0 Å². The zero-order valence-electron chi connectivity index (χ0n) is 24.5. The summed E-state index contributed by atoms with van der Waals surface area (Å²) in [5.74, 6) is -1.31. The highest BCUT2D eigenvalue weighted by atomic mass is 16.5. The number of nitrogens with one attached hydrogen (secondary N) is 4. The molecular weight excluding hydrogens is 574 g/mol. The summed E-state index contributed by atoms with van der Waals surface area (Å²) in [5.41, 5.74) is 7.52. The van der Waals surface area contributed by atoms with Crippen molar-refractivity contribution in [2.24, 2.45) is 5.73 Å². The molecule has 0 saturated heterocycles. The van der Waals surface area contributed by atoms with Crippen LogP contribution >= 0.6 is 0 Å². The van der Waals surface area contributed by atoms with Crippen molar-refractivity contribution >= 4 is 40.1 Å². The number of phenols is 1. The summed E-state index contributed by atoms with van der Waals surface area (Å²) in [6, 6.07) is 23.0. The summed E-state index contributed by atoms with van der Waals surface area (Å²) in [7, 11) is 0. The minimum absolute atomic E-state index is 0.0121. The number of amides is 4. The van der Waals surface area contributed by atoms with Crippen LogP contribution in [0.2, 0.25) is 0 Å². The molecule has 1 aliphatic rings. The van der Waals surface area contributed by atoms with Gasteiger partial charge in [0.05, 0.1) is 11.6 Å². The number of anilines is 1. The molecule has 11 heteroatoms. The molecule has 4 aromatic rings. The molecule has 232 valence electrons. The zero-order valence-corrected chi connectivity index (χ0v) is 24.5. The van der Waals surface area contributed by atoms with Crippen LogP contribution in [0.3, 0.4) is 0 Å². The van der Waals surface area contributed by atoms with Crippen molar-refractivity contribution in [3.8, 4) is 11.5 Å². The number of aromatic hydroxyl groups is 1. The van der Waals surface area contributed by atoms with Crippen molar-refractivity contribution in [2.45, 2.75) is 31.3 Å². The molecule has 0 aromatic heterocycles. The van der Waals surface area contributed by atoms with E-state index < -0.39 is 29.8 Å². The van der Waals surface area contributed by atoms with Gasteiger partial charge in [-0.05, 0) is 78.2 Å².